The van der Waals surface area contributed by atoms with Crippen LogP contribution in [0, 0.1) is 12.8 Å². The number of terminal acetylenes is 1. The zero-order valence-corrected chi connectivity index (χ0v) is 21.6. The molecule has 1 aliphatic heterocycles. The van der Waals surface area contributed by atoms with Crippen molar-refractivity contribution in [3.05, 3.63) is 71.6 Å². The number of benzene rings is 2. The van der Waals surface area contributed by atoms with E-state index in [4.69, 9.17) is 4.98 Å². The maximum Gasteiger partial charge on any atom is 0.124 e. The van der Waals surface area contributed by atoms with E-state index in [-0.39, 0.29) is 0 Å². The number of aromatic nitrogens is 4. The zero-order chi connectivity index (χ0) is 25.6. The van der Waals surface area contributed by atoms with Crippen LogP contribution in [-0.2, 0) is 19.4 Å². The topological polar surface area (TPSA) is 81.4 Å². The normalized spacial score (nSPS) is 16.4. The molecule has 1 fully saturated rings. The summed E-state index contributed by atoms with van der Waals surface area (Å²) in [6.45, 7) is 5.04. The first-order chi connectivity index (χ1) is 18.3. The minimum absolute atomic E-state index is 0.377. The SMILES string of the molecule is C#C.CCCNCc1ncc(-c2ccc(-c3ccc4c(c3)CCCc3[nH]c([C@@H]5CCCN5)nc3-4)cc2)[nH]1. The Kier molecular flexibility index (Phi) is 7.84. The van der Waals surface area contributed by atoms with Gasteiger partial charge in [0.15, 0.2) is 0 Å². The number of imidazole rings is 2. The average Bonchev–Trinajstić information content (AvgIpc) is 3.70. The Labute approximate surface area is 219 Å². The van der Waals surface area contributed by atoms with Crippen LogP contribution < -0.4 is 10.6 Å². The third-order valence-electron chi connectivity index (χ3n) is 7.30. The minimum atomic E-state index is 0.377. The van der Waals surface area contributed by atoms with Gasteiger partial charge in [-0.05, 0) is 73.9 Å². The minimum Gasteiger partial charge on any atom is -0.344 e. The highest BCUT2D eigenvalue weighted by molar-refractivity contribution is 5.75. The summed E-state index contributed by atoms with van der Waals surface area (Å²) in [5.41, 5.74) is 9.88. The van der Waals surface area contributed by atoms with Crippen molar-refractivity contribution in [3.8, 4) is 46.5 Å². The Morgan fingerprint density at radius 3 is 2.57 bits per heavy atom. The van der Waals surface area contributed by atoms with Crippen LogP contribution in [0.3, 0.4) is 0 Å². The molecule has 4 aromatic rings. The molecule has 6 nitrogen and oxygen atoms in total. The van der Waals surface area contributed by atoms with Crippen molar-refractivity contribution in [3.63, 3.8) is 0 Å². The van der Waals surface area contributed by atoms with E-state index in [2.05, 4.69) is 87.8 Å². The summed E-state index contributed by atoms with van der Waals surface area (Å²) >= 11 is 0. The quantitative estimate of drug-likeness (QED) is 0.194. The molecule has 2 aromatic heterocycles. The van der Waals surface area contributed by atoms with Crippen LogP contribution in [0.4, 0.5) is 0 Å². The molecule has 0 amide bonds. The first kappa shape index (κ1) is 25.0. The van der Waals surface area contributed by atoms with Crippen molar-refractivity contribution >= 4 is 0 Å². The van der Waals surface area contributed by atoms with Crippen LogP contribution in [-0.4, -0.2) is 33.0 Å². The standard InChI is InChI=1S/C29H34N6.C2H2/c1-2-14-30-18-27-32-17-26(33-27)20-10-8-19(9-11-20)21-12-13-23-22(16-21)5-3-6-24-28(23)35-29(34-24)25-7-4-15-31-25;1-2/h8-13,16-17,25,30-31H,2-7,14-15,18H2,1H3,(H,32,33)(H,34,35);1-2H/t25-;/m0./s1. The number of H-pyrrole nitrogens is 2. The summed E-state index contributed by atoms with van der Waals surface area (Å²) in [6.07, 6.45) is 16.8. The predicted octanol–water partition coefficient (Wildman–Crippen LogP) is 5.80. The van der Waals surface area contributed by atoms with Gasteiger partial charge in [0.1, 0.15) is 11.6 Å². The Balaban J connectivity index is 0.00000137. The summed E-state index contributed by atoms with van der Waals surface area (Å²) < 4.78 is 0. The van der Waals surface area contributed by atoms with E-state index in [0.717, 1.165) is 73.9 Å². The number of aromatic amines is 2. The van der Waals surface area contributed by atoms with E-state index in [1.165, 1.54) is 40.8 Å². The third-order valence-corrected chi connectivity index (χ3v) is 7.30. The molecule has 190 valence electrons. The molecule has 2 aromatic carbocycles. The molecule has 0 saturated carbocycles. The summed E-state index contributed by atoms with van der Waals surface area (Å²) in [5, 5.41) is 6.97. The van der Waals surface area contributed by atoms with E-state index >= 15 is 0 Å². The van der Waals surface area contributed by atoms with E-state index in [0.29, 0.717) is 6.04 Å². The summed E-state index contributed by atoms with van der Waals surface area (Å²) in [4.78, 5) is 16.7. The molecular weight excluding hydrogens is 456 g/mol. The fourth-order valence-electron chi connectivity index (χ4n) is 5.41. The summed E-state index contributed by atoms with van der Waals surface area (Å²) in [7, 11) is 0. The molecule has 4 N–H and O–H groups in total. The van der Waals surface area contributed by atoms with Crippen LogP contribution >= 0.6 is 0 Å². The van der Waals surface area contributed by atoms with Gasteiger partial charge in [-0.3, -0.25) is 0 Å². The maximum atomic E-state index is 5.08. The molecule has 6 heteroatoms. The van der Waals surface area contributed by atoms with E-state index in [1.54, 1.807) is 0 Å². The predicted molar refractivity (Wildman–Crippen MR) is 151 cm³/mol. The molecule has 37 heavy (non-hydrogen) atoms. The van der Waals surface area contributed by atoms with Gasteiger partial charge in [-0.25, -0.2) is 9.97 Å². The number of hydrogen-bond donors (Lipinski definition) is 4. The Bertz CT molecular complexity index is 1340. The monoisotopic (exact) mass is 492 g/mol. The number of aryl methyl sites for hydroxylation is 2. The van der Waals surface area contributed by atoms with E-state index in [9.17, 15) is 0 Å². The molecule has 6 rings (SSSR count). The lowest BCUT2D eigenvalue weighted by molar-refractivity contribution is 0.610. The molecule has 3 heterocycles. The lowest BCUT2D eigenvalue weighted by Crippen LogP contribution is -2.14. The molecule has 0 bridgehead atoms. The molecule has 0 spiro atoms. The first-order valence-corrected chi connectivity index (χ1v) is 13.4. The van der Waals surface area contributed by atoms with Gasteiger partial charge in [0, 0.05) is 11.3 Å². The van der Waals surface area contributed by atoms with Gasteiger partial charge in [0.05, 0.1) is 30.2 Å². The average molecular weight is 493 g/mol. The first-order valence-electron chi connectivity index (χ1n) is 13.4. The molecule has 1 saturated heterocycles. The highest BCUT2D eigenvalue weighted by Gasteiger charge is 2.24. The van der Waals surface area contributed by atoms with Crippen LogP contribution in [0.25, 0.3) is 33.6 Å². The van der Waals surface area contributed by atoms with Gasteiger partial charge < -0.3 is 20.6 Å². The van der Waals surface area contributed by atoms with Gasteiger partial charge >= 0.3 is 0 Å². The van der Waals surface area contributed by atoms with Crippen molar-refractivity contribution in [2.45, 2.75) is 58.0 Å². The van der Waals surface area contributed by atoms with Crippen LogP contribution in [0.1, 0.15) is 61.6 Å². The highest BCUT2D eigenvalue weighted by Crippen LogP contribution is 2.36. The lowest BCUT2D eigenvalue weighted by atomic mass is 9.95. The number of nitrogens with zero attached hydrogens (tertiary/aromatic N) is 2. The second kappa shape index (κ2) is 11.6. The van der Waals surface area contributed by atoms with Crippen molar-refractivity contribution in [2.75, 3.05) is 13.1 Å². The smallest absolute Gasteiger partial charge is 0.124 e. The van der Waals surface area contributed by atoms with Crippen LogP contribution in [0.15, 0.2) is 48.7 Å². The van der Waals surface area contributed by atoms with Crippen molar-refractivity contribution in [2.24, 2.45) is 0 Å². The number of rotatable bonds is 7. The van der Waals surface area contributed by atoms with Crippen molar-refractivity contribution in [1.82, 2.24) is 30.6 Å². The van der Waals surface area contributed by atoms with Crippen molar-refractivity contribution in [1.29, 1.82) is 0 Å². The fraction of sp³-hybridized carbons (Fsp3) is 0.355. The zero-order valence-electron chi connectivity index (χ0n) is 21.6. The third kappa shape index (κ3) is 5.39. The van der Waals surface area contributed by atoms with Gasteiger partial charge in [0.25, 0.3) is 0 Å². The highest BCUT2D eigenvalue weighted by atomic mass is 15.0. The molecule has 1 aliphatic carbocycles. The number of hydrogen-bond acceptors (Lipinski definition) is 4. The van der Waals surface area contributed by atoms with Gasteiger partial charge in [-0.15, -0.1) is 12.8 Å². The number of nitrogens with one attached hydrogen (secondary N) is 4. The largest absolute Gasteiger partial charge is 0.344 e. The van der Waals surface area contributed by atoms with Gasteiger partial charge in [-0.2, -0.15) is 0 Å². The lowest BCUT2D eigenvalue weighted by Gasteiger charge is -2.10. The molecule has 0 radical (unpaired) electrons. The van der Waals surface area contributed by atoms with E-state index < -0.39 is 0 Å². The van der Waals surface area contributed by atoms with E-state index in [1.807, 2.05) is 6.20 Å². The Hall–Kier alpha value is -3.66. The molecule has 2 aliphatic rings. The van der Waals surface area contributed by atoms with Gasteiger partial charge in [0.2, 0.25) is 0 Å². The van der Waals surface area contributed by atoms with Crippen LogP contribution in [0.5, 0.6) is 0 Å². The summed E-state index contributed by atoms with van der Waals surface area (Å²) in [6, 6.07) is 16.1. The number of fused-ring (bicyclic) bond motifs is 3. The molecule has 0 unspecified atom stereocenters. The Morgan fingerprint density at radius 1 is 0.973 bits per heavy atom. The molecular formula is C31H36N6. The maximum absolute atomic E-state index is 5.08. The van der Waals surface area contributed by atoms with Gasteiger partial charge in [-0.1, -0.05) is 49.4 Å². The summed E-state index contributed by atoms with van der Waals surface area (Å²) in [5.74, 6) is 2.09. The Morgan fingerprint density at radius 2 is 1.78 bits per heavy atom. The second-order valence-electron chi connectivity index (χ2n) is 9.82. The fourth-order valence-corrected chi connectivity index (χ4v) is 5.41. The molecule has 1 atom stereocenters. The van der Waals surface area contributed by atoms with Crippen LogP contribution in [0.2, 0.25) is 0 Å². The second-order valence-corrected chi connectivity index (χ2v) is 9.82. The van der Waals surface area contributed by atoms with Crippen molar-refractivity contribution < 1.29 is 0 Å².